The number of fused-ring (bicyclic) bond motifs is 1. The second kappa shape index (κ2) is 9.38. The number of nitrogens with zero attached hydrogens (tertiary/aromatic N) is 1. The van der Waals surface area contributed by atoms with Gasteiger partial charge in [-0.05, 0) is 19.4 Å². The molecule has 4 atom stereocenters. The van der Waals surface area contributed by atoms with Crippen LogP contribution in [0, 0.1) is 0 Å². The van der Waals surface area contributed by atoms with Crippen molar-refractivity contribution < 1.29 is 19.5 Å². The third-order valence-corrected chi connectivity index (χ3v) is 5.99. The van der Waals surface area contributed by atoms with Gasteiger partial charge in [0.1, 0.15) is 23.5 Å². The number of benzene rings is 1. The molecule has 27 heavy (non-hydrogen) atoms. The molecular weight excluding hydrogens is 393 g/mol. The number of nitrogens with two attached hydrogens (primary N) is 1. The van der Waals surface area contributed by atoms with Crippen molar-refractivity contribution in [2.45, 2.75) is 49.5 Å². The summed E-state index contributed by atoms with van der Waals surface area (Å²) >= 11 is 2.49. The molecule has 2 fully saturated rings. The molecule has 4 N–H and O–H groups in total. The number of thioether (sulfide) groups is 1. The summed E-state index contributed by atoms with van der Waals surface area (Å²) in [4.78, 5) is 37.5. The van der Waals surface area contributed by atoms with Crippen LogP contribution in [0.4, 0.5) is 0 Å². The van der Waals surface area contributed by atoms with Crippen LogP contribution in [0.25, 0.3) is 0 Å². The van der Waals surface area contributed by atoms with Crippen LogP contribution >= 0.6 is 11.8 Å². The fourth-order valence-corrected chi connectivity index (χ4v) is 4.83. The Morgan fingerprint density at radius 3 is 2.44 bits per heavy atom. The van der Waals surface area contributed by atoms with Crippen LogP contribution in [0.5, 0.6) is 0 Å². The molecule has 2 aliphatic heterocycles. The molecule has 0 bridgehead atoms. The number of nitrogens with one attached hydrogen (secondary N) is 1. The molecule has 2 aliphatic rings. The first-order valence-corrected chi connectivity index (χ1v) is 12.1. The fourth-order valence-electron chi connectivity index (χ4n) is 3.20. The van der Waals surface area contributed by atoms with Crippen molar-refractivity contribution in [1.29, 1.82) is 0 Å². The van der Waals surface area contributed by atoms with Crippen LogP contribution in [-0.2, 0) is 14.4 Å². The Morgan fingerprint density at radius 2 is 1.93 bits per heavy atom. The molecule has 1 aromatic rings. The van der Waals surface area contributed by atoms with Crippen molar-refractivity contribution in [1.82, 2.24) is 10.2 Å². The molecule has 0 aliphatic carbocycles. The number of carboxylic acids is 1. The number of β-lactam (4-membered cyclic amide) rings is 1. The van der Waals surface area contributed by atoms with Gasteiger partial charge in [-0.25, -0.2) is 4.79 Å². The van der Waals surface area contributed by atoms with Crippen LogP contribution in [-0.4, -0.2) is 98.9 Å². The van der Waals surface area contributed by atoms with Crippen LogP contribution in [0.15, 0.2) is 30.3 Å². The summed E-state index contributed by atoms with van der Waals surface area (Å²) < 4.78 is 0.820. The maximum atomic E-state index is 12.3. The molecule has 0 radical (unpaired) electrons. The molecule has 0 saturated carbocycles. The molecule has 1 unspecified atom stereocenters. The quantitative estimate of drug-likeness (QED) is 0.496. The fraction of sp³-hybridized carbons (Fsp3) is 0.500. The van der Waals surface area contributed by atoms with E-state index in [2.05, 4.69) is 12.2 Å². The van der Waals surface area contributed by atoms with Gasteiger partial charge in [0.15, 0.2) is 0 Å². The molecule has 1 aromatic carbocycles. The first-order chi connectivity index (χ1) is 12.7. The van der Waals surface area contributed by atoms with Crippen molar-refractivity contribution in [3.63, 3.8) is 0 Å². The Morgan fingerprint density at radius 1 is 1.37 bits per heavy atom. The molecule has 0 aromatic heterocycles. The number of amides is 2. The molecule has 2 heterocycles. The van der Waals surface area contributed by atoms with Crippen molar-refractivity contribution in [3.05, 3.63) is 35.9 Å². The van der Waals surface area contributed by atoms with Gasteiger partial charge in [-0.15, -0.1) is 11.8 Å². The van der Waals surface area contributed by atoms with E-state index in [1.54, 1.807) is 38.1 Å². The van der Waals surface area contributed by atoms with Crippen LogP contribution in [0.1, 0.15) is 32.4 Å². The first kappa shape index (κ1) is 22.9. The van der Waals surface area contributed by atoms with Gasteiger partial charge in [-0.1, -0.05) is 30.3 Å². The van der Waals surface area contributed by atoms with Crippen molar-refractivity contribution >= 4 is 78.5 Å². The predicted molar refractivity (Wildman–Crippen MR) is 105 cm³/mol. The van der Waals surface area contributed by atoms with E-state index >= 15 is 0 Å². The average molecular weight is 418 g/mol. The molecule has 7 nitrogen and oxygen atoms in total. The minimum absolute atomic E-state index is 0.375. The summed E-state index contributed by atoms with van der Waals surface area (Å²) in [6.45, 7) is 5.78. The zero-order valence-electron chi connectivity index (χ0n) is 16.0. The van der Waals surface area contributed by atoms with Crippen LogP contribution < -0.4 is 11.1 Å². The van der Waals surface area contributed by atoms with Gasteiger partial charge in [0, 0.05) is 4.75 Å². The SMILES string of the molecule is CC1(C)S[C@@H]2[C@H](NC(=O)C(N)c3ccccc3)C(=O)N2[C@H]1C(=O)O.C[CH2][K]. The van der Waals surface area contributed by atoms with Gasteiger partial charge in [0.25, 0.3) is 0 Å². The monoisotopic (exact) mass is 417 g/mol. The van der Waals surface area contributed by atoms with Gasteiger partial charge in [-0.2, -0.15) is 0 Å². The maximum absolute atomic E-state index is 12.3. The van der Waals surface area contributed by atoms with Gasteiger partial charge < -0.3 is 21.1 Å². The van der Waals surface area contributed by atoms with Gasteiger partial charge in [0.05, 0.1) is 0 Å². The molecule has 3 rings (SSSR count). The van der Waals surface area contributed by atoms with Crippen molar-refractivity contribution in [2.24, 2.45) is 5.73 Å². The normalized spacial score (nSPS) is 26.2. The topological polar surface area (TPSA) is 113 Å². The van der Waals surface area contributed by atoms with Crippen LogP contribution in [0.2, 0.25) is 0.515 Å². The number of hydrogen-bond donors (Lipinski definition) is 3. The summed E-state index contributed by atoms with van der Waals surface area (Å²) in [7, 11) is 0. The molecule has 9 heteroatoms. The number of hydrogen-bond acceptors (Lipinski definition) is 5. The average Bonchev–Trinajstić information content (AvgIpc) is 2.88. The minimum atomic E-state index is -1.03. The Labute approximate surface area is 197 Å². The summed E-state index contributed by atoms with van der Waals surface area (Å²) in [6.07, 6.45) is 0. The number of rotatable bonds is 4. The first-order valence-electron chi connectivity index (χ1n) is 8.99. The predicted octanol–water partition coefficient (Wildman–Crippen LogP) is 0.911. The zero-order valence-corrected chi connectivity index (χ0v) is 19.9. The van der Waals surface area contributed by atoms with E-state index in [1.165, 1.54) is 17.2 Å². The van der Waals surface area contributed by atoms with E-state index in [0.717, 1.165) is 49.0 Å². The second-order valence-electron chi connectivity index (χ2n) is 7.18. The Hall–Kier alpha value is -0.424. The number of carbonyl (C=O) groups is 3. The number of carboxylic acid groups (broad SMARTS) is 1. The van der Waals surface area contributed by atoms with E-state index in [0.29, 0.717) is 5.56 Å². The third-order valence-electron chi connectivity index (χ3n) is 4.41. The Kier molecular flexibility index (Phi) is 7.94. The van der Waals surface area contributed by atoms with Crippen LogP contribution in [0.3, 0.4) is 0 Å². The summed E-state index contributed by atoms with van der Waals surface area (Å²) in [5.41, 5.74) is 6.59. The van der Waals surface area contributed by atoms with Gasteiger partial charge in [0.2, 0.25) is 11.8 Å². The number of carbonyl (C=O) groups excluding carboxylic acids is 2. The molecule has 0 spiro atoms. The van der Waals surface area contributed by atoms with Crippen molar-refractivity contribution in [2.75, 3.05) is 0 Å². The summed E-state index contributed by atoms with van der Waals surface area (Å²) in [5.74, 6) is -1.86. The van der Waals surface area contributed by atoms with E-state index in [1.807, 2.05) is 6.07 Å². The van der Waals surface area contributed by atoms with E-state index < -0.39 is 34.7 Å². The van der Waals surface area contributed by atoms with Crippen molar-refractivity contribution in [3.8, 4) is 0 Å². The molecular formula is C18H24KN3O4S. The molecule has 142 valence electrons. The van der Waals surface area contributed by atoms with Gasteiger partial charge in [-0.3, -0.25) is 9.59 Å². The van der Waals surface area contributed by atoms with Gasteiger partial charge >= 0.3 is 62.4 Å². The summed E-state index contributed by atoms with van der Waals surface area (Å²) in [6, 6.07) is 6.38. The third kappa shape index (κ3) is 4.77. The van der Waals surface area contributed by atoms with E-state index in [4.69, 9.17) is 5.73 Å². The Balaban J connectivity index is 0.000000817. The van der Waals surface area contributed by atoms with E-state index in [-0.39, 0.29) is 11.3 Å². The number of aliphatic carboxylic acids is 1. The summed E-state index contributed by atoms with van der Waals surface area (Å²) in [5, 5.41) is 11.7. The second-order valence-corrected chi connectivity index (χ2v) is 11.2. The zero-order chi connectivity index (χ0) is 20.4. The Bertz CT molecular complexity index is 716. The molecule has 2 saturated heterocycles. The standard InChI is InChI=1S/C16H19N3O4S.C2H5.K/c1-16(2)11(15(22)23)19-13(21)10(14(19)24-16)18-12(20)9(17)8-6-4-3-5-7-8;1-2;/h3-7,9-11,14H,17H2,1-2H3,(H,18,20)(H,22,23);1H2,2H3;/t9?,10-,11+,14-;;/m1../s1. The molecule has 2 amide bonds. The van der Waals surface area contributed by atoms with E-state index in [9.17, 15) is 19.5 Å².